The minimum Gasteiger partial charge on any atom is -0.192 e. The van der Waals surface area contributed by atoms with Gasteiger partial charge in [-0.25, -0.2) is 0 Å². The van der Waals surface area contributed by atoms with Crippen molar-refractivity contribution >= 4 is 27.7 Å². The second-order valence-corrected chi connectivity index (χ2v) is 2.78. The highest BCUT2D eigenvalue weighted by Gasteiger charge is 1.88. The molecule has 0 aliphatic rings. The molecule has 0 radical (unpaired) electrons. The minimum atomic E-state index is 0.729. The summed E-state index contributed by atoms with van der Waals surface area (Å²) < 4.78 is 0. The molecule has 0 N–H and O–H groups in total. The maximum Gasteiger partial charge on any atom is 0.107 e. The lowest BCUT2D eigenvalue weighted by atomic mass is 10.7. The Kier molecular flexibility index (Phi) is 5.24. The van der Waals surface area contributed by atoms with E-state index in [0.717, 1.165) is 10.7 Å². The monoisotopic (exact) mass is 191 g/mol. The van der Waals surface area contributed by atoms with Gasteiger partial charge in [0.15, 0.2) is 0 Å². The van der Waals surface area contributed by atoms with Gasteiger partial charge in [0.25, 0.3) is 0 Å². The van der Waals surface area contributed by atoms with E-state index in [2.05, 4.69) is 15.9 Å². The number of hydrogen-bond acceptors (Lipinski definition) is 2. The molecule has 0 aromatic rings. The summed E-state index contributed by atoms with van der Waals surface area (Å²) in [5.41, 5.74) is 0. The number of halogens is 1. The predicted octanol–water partition coefficient (Wildman–Crippen LogP) is 2.50. The summed E-state index contributed by atoms with van der Waals surface area (Å²) in [6.45, 7) is 2.01. The summed E-state index contributed by atoms with van der Waals surface area (Å²) in [6, 6.07) is 2.03. The Labute approximate surface area is 61.9 Å². The molecule has 0 aromatic heterocycles. The fourth-order valence-corrected chi connectivity index (χ4v) is 1.18. The molecule has 0 aromatic carbocycles. The smallest absolute Gasteiger partial charge is 0.107 e. The third kappa shape index (κ3) is 3.11. The molecule has 0 saturated heterocycles. The van der Waals surface area contributed by atoms with Crippen molar-refractivity contribution in [3.8, 4) is 6.07 Å². The Hall–Kier alpha value is 0.0600. The summed E-state index contributed by atoms with van der Waals surface area (Å²) >= 11 is 4.60. The van der Waals surface area contributed by atoms with Crippen molar-refractivity contribution in [1.82, 2.24) is 0 Å². The normalized spacial score (nSPS) is 10.9. The first-order valence-corrected chi connectivity index (χ1v) is 4.08. The number of nitrogens with zero attached hydrogens (tertiary/aromatic N) is 1. The molecule has 0 rings (SSSR count). The lowest BCUT2D eigenvalue weighted by molar-refractivity contribution is 1.51. The Morgan fingerprint density at radius 2 is 2.62 bits per heavy atom. The average Bonchev–Trinajstić information content (AvgIpc) is 1.83. The van der Waals surface area contributed by atoms with Crippen LogP contribution in [-0.4, -0.2) is 5.75 Å². The van der Waals surface area contributed by atoms with Crippen molar-refractivity contribution in [1.29, 1.82) is 5.26 Å². The minimum absolute atomic E-state index is 0.729. The van der Waals surface area contributed by atoms with E-state index < -0.39 is 0 Å². The van der Waals surface area contributed by atoms with Gasteiger partial charge in [-0.3, -0.25) is 0 Å². The topological polar surface area (TPSA) is 23.8 Å². The molecule has 0 amide bonds. The third-order valence-corrected chi connectivity index (χ3v) is 2.08. The second-order valence-electron chi connectivity index (χ2n) is 1.02. The van der Waals surface area contributed by atoms with Crippen LogP contribution in [0.15, 0.2) is 9.89 Å². The zero-order chi connectivity index (χ0) is 6.41. The molecule has 8 heavy (non-hydrogen) atoms. The first kappa shape index (κ1) is 8.06. The van der Waals surface area contributed by atoms with E-state index in [1.807, 2.05) is 13.0 Å². The van der Waals surface area contributed by atoms with Crippen molar-refractivity contribution < 1.29 is 0 Å². The summed E-state index contributed by atoms with van der Waals surface area (Å²) in [4.78, 5) is 2.37. The maximum absolute atomic E-state index is 8.29. The van der Waals surface area contributed by atoms with Gasteiger partial charge in [-0.1, -0.05) is 22.9 Å². The van der Waals surface area contributed by atoms with E-state index in [9.17, 15) is 0 Å². The summed E-state index contributed by atoms with van der Waals surface area (Å²) in [6.07, 6.45) is 0. The average molecular weight is 192 g/mol. The van der Waals surface area contributed by atoms with Crippen LogP contribution in [0, 0.1) is 11.3 Å². The molecule has 0 aliphatic carbocycles. The van der Waals surface area contributed by atoms with Crippen LogP contribution in [-0.2, 0) is 0 Å². The van der Waals surface area contributed by atoms with Crippen LogP contribution in [0.1, 0.15) is 6.92 Å². The van der Waals surface area contributed by atoms with Crippen molar-refractivity contribution in [3.05, 3.63) is 9.89 Å². The lowest BCUT2D eigenvalue weighted by Crippen LogP contribution is -1.67. The highest BCUT2D eigenvalue weighted by molar-refractivity contribution is 9.11. The summed E-state index contributed by atoms with van der Waals surface area (Å²) in [5, 5.41) is 8.29. The molecule has 0 bridgehead atoms. The molecule has 0 spiro atoms. The molecule has 0 atom stereocenters. The van der Waals surface area contributed by atoms with Crippen LogP contribution in [0.2, 0.25) is 0 Å². The molecule has 0 fully saturated rings. The standard InChI is InChI=1S/C5H6BrNS/c1-2-8-5(3-6)4-7/h3H,2H2,1H3. The lowest BCUT2D eigenvalue weighted by Gasteiger charge is -1.86. The predicted molar refractivity (Wildman–Crippen MR) is 40.8 cm³/mol. The van der Waals surface area contributed by atoms with Gasteiger partial charge < -0.3 is 0 Å². The molecule has 0 unspecified atom stereocenters. The van der Waals surface area contributed by atoms with E-state index in [0.29, 0.717) is 0 Å². The second kappa shape index (κ2) is 5.20. The quantitative estimate of drug-likeness (QED) is 0.627. The van der Waals surface area contributed by atoms with Crippen LogP contribution >= 0.6 is 27.7 Å². The van der Waals surface area contributed by atoms with Crippen LogP contribution < -0.4 is 0 Å². The van der Waals surface area contributed by atoms with Crippen LogP contribution in [0.3, 0.4) is 0 Å². The number of rotatable bonds is 2. The largest absolute Gasteiger partial charge is 0.192 e. The Morgan fingerprint density at radius 1 is 2.00 bits per heavy atom. The zero-order valence-electron chi connectivity index (χ0n) is 4.52. The van der Waals surface area contributed by atoms with Gasteiger partial charge in [-0.05, 0) is 5.75 Å². The Balaban J connectivity index is 3.60. The van der Waals surface area contributed by atoms with E-state index >= 15 is 0 Å². The molecular weight excluding hydrogens is 186 g/mol. The van der Waals surface area contributed by atoms with E-state index in [1.54, 1.807) is 4.99 Å². The summed E-state index contributed by atoms with van der Waals surface area (Å²) in [5.74, 6) is 0.949. The van der Waals surface area contributed by atoms with Gasteiger partial charge in [0.1, 0.15) is 6.07 Å². The van der Waals surface area contributed by atoms with Crippen molar-refractivity contribution in [2.24, 2.45) is 0 Å². The van der Waals surface area contributed by atoms with Gasteiger partial charge in [-0.15, -0.1) is 11.8 Å². The number of hydrogen-bond donors (Lipinski definition) is 0. The SMILES string of the molecule is CCSC(C#N)=CBr. The van der Waals surface area contributed by atoms with Gasteiger partial charge in [0.2, 0.25) is 0 Å². The van der Waals surface area contributed by atoms with E-state index in [1.165, 1.54) is 11.8 Å². The van der Waals surface area contributed by atoms with E-state index in [4.69, 9.17) is 5.26 Å². The highest BCUT2D eigenvalue weighted by Crippen LogP contribution is 2.14. The van der Waals surface area contributed by atoms with Crippen molar-refractivity contribution in [2.75, 3.05) is 5.75 Å². The highest BCUT2D eigenvalue weighted by atomic mass is 79.9. The molecule has 0 heterocycles. The molecule has 0 aliphatic heterocycles. The Morgan fingerprint density at radius 3 is 2.75 bits per heavy atom. The van der Waals surface area contributed by atoms with Gasteiger partial charge in [-0.2, -0.15) is 5.26 Å². The number of thioether (sulfide) groups is 1. The zero-order valence-corrected chi connectivity index (χ0v) is 6.92. The molecule has 44 valence electrons. The van der Waals surface area contributed by atoms with Gasteiger partial charge >= 0.3 is 0 Å². The Bertz CT molecular complexity index is 125. The van der Waals surface area contributed by atoms with Gasteiger partial charge in [0, 0.05) is 4.99 Å². The third-order valence-electron chi connectivity index (χ3n) is 0.509. The maximum atomic E-state index is 8.29. The number of allylic oxidation sites excluding steroid dienone is 1. The van der Waals surface area contributed by atoms with Crippen molar-refractivity contribution in [2.45, 2.75) is 6.92 Å². The van der Waals surface area contributed by atoms with Gasteiger partial charge in [0.05, 0.1) is 4.91 Å². The number of nitriles is 1. The van der Waals surface area contributed by atoms with E-state index in [-0.39, 0.29) is 0 Å². The molecular formula is C5H6BrNS. The fraction of sp³-hybridized carbons (Fsp3) is 0.400. The van der Waals surface area contributed by atoms with Crippen LogP contribution in [0.4, 0.5) is 0 Å². The summed E-state index contributed by atoms with van der Waals surface area (Å²) in [7, 11) is 0. The molecule has 0 saturated carbocycles. The van der Waals surface area contributed by atoms with Crippen LogP contribution in [0.5, 0.6) is 0 Å². The molecule has 3 heteroatoms. The van der Waals surface area contributed by atoms with Crippen molar-refractivity contribution in [3.63, 3.8) is 0 Å². The molecule has 1 nitrogen and oxygen atoms in total. The van der Waals surface area contributed by atoms with Crippen LogP contribution in [0.25, 0.3) is 0 Å². The fourth-order valence-electron chi connectivity index (χ4n) is 0.244. The first-order chi connectivity index (χ1) is 3.85. The first-order valence-electron chi connectivity index (χ1n) is 2.18.